The molecule has 0 saturated heterocycles. The maximum Gasteiger partial charge on any atom is 0.330 e. The van der Waals surface area contributed by atoms with Crippen LogP contribution in [-0.4, -0.2) is 26.8 Å². The molecule has 7 nitrogen and oxygen atoms in total. The van der Waals surface area contributed by atoms with Crippen molar-refractivity contribution < 1.29 is 14.7 Å². The standard InChI is InChI=1S/C19H21N3O4/c23-16(20-18(19(25)26)13-7-3-1-4-8-13)12-22-17(24)11-14-9-5-2-6-10-15(14)21-22/h1,3-4,7-8,11,18H,2,5-6,9-10,12H2,(H,20,23)(H,25,26). The fourth-order valence-corrected chi connectivity index (χ4v) is 3.17. The van der Waals surface area contributed by atoms with Crippen molar-refractivity contribution in [3.05, 3.63) is 63.6 Å². The fourth-order valence-electron chi connectivity index (χ4n) is 3.17. The summed E-state index contributed by atoms with van der Waals surface area (Å²) in [6.45, 7) is -0.303. The van der Waals surface area contributed by atoms with Crippen molar-refractivity contribution in [1.29, 1.82) is 0 Å². The summed E-state index contributed by atoms with van der Waals surface area (Å²) in [4.78, 5) is 36.0. The highest BCUT2D eigenvalue weighted by Crippen LogP contribution is 2.17. The largest absolute Gasteiger partial charge is 0.479 e. The zero-order valence-electron chi connectivity index (χ0n) is 14.4. The van der Waals surface area contributed by atoms with Crippen molar-refractivity contribution in [2.24, 2.45) is 0 Å². The highest BCUT2D eigenvalue weighted by atomic mass is 16.4. The zero-order valence-corrected chi connectivity index (χ0v) is 14.4. The van der Waals surface area contributed by atoms with Gasteiger partial charge < -0.3 is 10.4 Å². The Morgan fingerprint density at radius 3 is 2.62 bits per heavy atom. The number of rotatable bonds is 5. The molecule has 0 aliphatic heterocycles. The molecule has 0 radical (unpaired) electrons. The predicted octanol–water partition coefficient (Wildman–Crippen LogP) is 1.45. The van der Waals surface area contributed by atoms with Crippen molar-refractivity contribution >= 4 is 11.9 Å². The average molecular weight is 355 g/mol. The van der Waals surface area contributed by atoms with Crippen LogP contribution in [0.25, 0.3) is 0 Å². The van der Waals surface area contributed by atoms with E-state index in [1.807, 2.05) is 0 Å². The first-order chi connectivity index (χ1) is 12.5. The van der Waals surface area contributed by atoms with Crippen LogP contribution in [0.3, 0.4) is 0 Å². The van der Waals surface area contributed by atoms with Gasteiger partial charge >= 0.3 is 5.97 Å². The minimum absolute atomic E-state index is 0.303. The SMILES string of the molecule is O=C(Cn1nc2c(cc1=O)CCCCC2)NC(C(=O)O)c1ccccc1. The molecule has 26 heavy (non-hydrogen) atoms. The van der Waals surface area contributed by atoms with Gasteiger partial charge in [-0.3, -0.25) is 9.59 Å². The van der Waals surface area contributed by atoms with Gasteiger partial charge in [-0.1, -0.05) is 36.8 Å². The van der Waals surface area contributed by atoms with Gasteiger partial charge in [0.2, 0.25) is 5.91 Å². The van der Waals surface area contributed by atoms with Crippen LogP contribution in [0, 0.1) is 0 Å². The van der Waals surface area contributed by atoms with Crippen molar-refractivity contribution in [1.82, 2.24) is 15.1 Å². The van der Waals surface area contributed by atoms with Gasteiger partial charge in [-0.05, 0) is 36.8 Å². The Morgan fingerprint density at radius 1 is 1.15 bits per heavy atom. The summed E-state index contributed by atoms with van der Waals surface area (Å²) in [5.41, 5.74) is 1.94. The summed E-state index contributed by atoms with van der Waals surface area (Å²) >= 11 is 0. The van der Waals surface area contributed by atoms with Crippen LogP contribution >= 0.6 is 0 Å². The fraction of sp³-hybridized carbons (Fsp3) is 0.368. The van der Waals surface area contributed by atoms with Gasteiger partial charge in [-0.25, -0.2) is 9.48 Å². The smallest absolute Gasteiger partial charge is 0.330 e. The van der Waals surface area contributed by atoms with E-state index in [1.54, 1.807) is 36.4 Å². The van der Waals surface area contributed by atoms with Crippen LogP contribution in [0.2, 0.25) is 0 Å². The molecule has 1 amide bonds. The Balaban J connectivity index is 1.76. The van der Waals surface area contributed by atoms with E-state index in [-0.39, 0.29) is 12.1 Å². The Morgan fingerprint density at radius 2 is 1.88 bits per heavy atom. The van der Waals surface area contributed by atoms with Crippen LogP contribution in [-0.2, 0) is 29.0 Å². The minimum atomic E-state index is -1.17. The number of amides is 1. The number of carboxylic acids is 1. The number of aliphatic carboxylic acids is 1. The second kappa shape index (κ2) is 7.95. The monoisotopic (exact) mass is 355 g/mol. The number of aryl methyl sites for hydroxylation is 2. The second-order valence-corrected chi connectivity index (χ2v) is 6.42. The van der Waals surface area contributed by atoms with Gasteiger partial charge in [0.25, 0.3) is 5.56 Å². The average Bonchev–Trinajstić information content (AvgIpc) is 2.85. The van der Waals surface area contributed by atoms with Crippen molar-refractivity contribution in [2.75, 3.05) is 0 Å². The third-order valence-electron chi connectivity index (χ3n) is 4.50. The maximum absolute atomic E-state index is 12.3. The quantitative estimate of drug-likeness (QED) is 0.791. The molecule has 136 valence electrons. The van der Waals surface area contributed by atoms with E-state index in [4.69, 9.17) is 0 Å². The van der Waals surface area contributed by atoms with Gasteiger partial charge in [0.1, 0.15) is 6.54 Å². The summed E-state index contributed by atoms with van der Waals surface area (Å²) < 4.78 is 1.11. The second-order valence-electron chi connectivity index (χ2n) is 6.42. The zero-order chi connectivity index (χ0) is 18.5. The molecule has 1 heterocycles. The number of hydrogen-bond acceptors (Lipinski definition) is 4. The van der Waals surface area contributed by atoms with Crippen molar-refractivity contribution in [3.63, 3.8) is 0 Å². The van der Waals surface area contributed by atoms with Crippen LogP contribution in [0.15, 0.2) is 41.2 Å². The van der Waals surface area contributed by atoms with Gasteiger partial charge in [0.15, 0.2) is 6.04 Å². The predicted molar refractivity (Wildman–Crippen MR) is 94.7 cm³/mol. The third-order valence-corrected chi connectivity index (χ3v) is 4.50. The molecule has 1 aromatic heterocycles. The molecule has 1 aromatic carbocycles. The van der Waals surface area contributed by atoms with E-state index in [9.17, 15) is 19.5 Å². The number of fused-ring (bicyclic) bond motifs is 1. The molecule has 1 unspecified atom stereocenters. The molecule has 7 heteroatoms. The number of hydrogen-bond donors (Lipinski definition) is 2. The molecule has 1 aliphatic carbocycles. The number of nitrogens with one attached hydrogen (secondary N) is 1. The van der Waals surface area contributed by atoms with Crippen molar-refractivity contribution in [3.8, 4) is 0 Å². The Kier molecular flexibility index (Phi) is 5.46. The number of benzene rings is 1. The molecular weight excluding hydrogens is 334 g/mol. The molecule has 0 saturated carbocycles. The van der Waals surface area contributed by atoms with Gasteiger partial charge in [0.05, 0.1) is 5.69 Å². The summed E-state index contributed by atoms with van der Waals surface area (Å²) in [6, 6.07) is 8.82. The summed E-state index contributed by atoms with van der Waals surface area (Å²) in [5.74, 6) is -1.73. The lowest BCUT2D eigenvalue weighted by Gasteiger charge is -2.15. The van der Waals surface area contributed by atoms with E-state index in [2.05, 4.69) is 10.4 Å². The summed E-state index contributed by atoms with van der Waals surface area (Å²) in [5, 5.41) is 16.2. The molecule has 1 aliphatic rings. The van der Waals surface area contributed by atoms with E-state index in [0.29, 0.717) is 5.56 Å². The van der Waals surface area contributed by atoms with E-state index < -0.39 is 17.9 Å². The molecule has 2 N–H and O–H groups in total. The number of carbonyl (C=O) groups is 2. The van der Waals surface area contributed by atoms with E-state index in [0.717, 1.165) is 48.0 Å². The molecule has 0 fully saturated rings. The first kappa shape index (κ1) is 17.8. The highest BCUT2D eigenvalue weighted by molar-refractivity contribution is 5.84. The Labute approximate surface area is 150 Å². The summed E-state index contributed by atoms with van der Waals surface area (Å²) in [7, 11) is 0. The van der Waals surface area contributed by atoms with Crippen LogP contribution < -0.4 is 10.9 Å². The molecule has 0 spiro atoms. The molecule has 2 aromatic rings. The van der Waals surface area contributed by atoms with E-state index in [1.165, 1.54) is 0 Å². The van der Waals surface area contributed by atoms with E-state index >= 15 is 0 Å². The van der Waals surface area contributed by atoms with Crippen LogP contribution in [0.1, 0.15) is 42.1 Å². The number of carbonyl (C=O) groups excluding carboxylic acids is 1. The molecular formula is C19H21N3O4. The summed E-state index contributed by atoms with van der Waals surface area (Å²) in [6.07, 6.45) is 4.77. The lowest BCUT2D eigenvalue weighted by atomic mass is 10.1. The number of carboxylic acid groups (broad SMARTS) is 1. The lowest BCUT2D eigenvalue weighted by Crippen LogP contribution is -2.38. The van der Waals surface area contributed by atoms with Crippen LogP contribution in [0.5, 0.6) is 0 Å². The minimum Gasteiger partial charge on any atom is -0.479 e. The molecule has 0 bridgehead atoms. The lowest BCUT2D eigenvalue weighted by molar-refractivity contribution is -0.142. The third kappa shape index (κ3) is 4.17. The Bertz CT molecular complexity index is 861. The maximum atomic E-state index is 12.3. The first-order valence-corrected chi connectivity index (χ1v) is 8.71. The van der Waals surface area contributed by atoms with Gasteiger partial charge in [-0.2, -0.15) is 5.10 Å². The molecule has 1 atom stereocenters. The number of aromatic nitrogens is 2. The number of nitrogens with zero attached hydrogens (tertiary/aromatic N) is 2. The first-order valence-electron chi connectivity index (χ1n) is 8.71. The van der Waals surface area contributed by atoms with Gasteiger partial charge in [-0.15, -0.1) is 0 Å². The topological polar surface area (TPSA) is 101 Å². The van der Waals surface area contributed by atoms with Crippen molar-refractivity contribution in [2.45, 2.75) is 44.7 Å². The van der Waals surface area contributed by atoms with Crippen LogP contribution in [0.4, 0.5) is 0 Å². The Hall–Kier alpha value is -2.96. The highest BCUT2D eigenvalue weighted by Gasteiger charge is 2.22. The molecule has 3 rings (SSSR count). The normalized spacial score (nSPS) is 14.8. The van der Waals surface area contributed by atoms with Gasteiger partial charge in [0, 0.05) is 6.07 Å².